The van der Waals surface area contributed by atoms with Gasteiger partial charge in [-0.2, -0.15) is 0 Å². The summed E-state index contributed by atoms with van der Waals surface area (Å²) in [5.74, 6) is 1.35. The zero-order valence-electron chi connectivity index (χ0n) is 10.7. The maximum atomic E-state index is 5.89. The minimum atomic E-state index is 0.585. The quantitative estimate of drug-likeness (QED) is 0.722. The van der Waals surface area contributed by atoms with Crippen LogP contribution in [0.5, 0.6) is 11.6 Å². The van der Waals surface area contributed by atoms with E-state index in [1.54, 1.807) is 11.3 Å². The van der Waals surface area contributed by atoms with Gasteiger partial charge >= 0.3 is 0 Å². The lowest BCUT2D eigenvalue weighted by atomic mass is 10.2. The predicted molar refractivity (Wildman–Crippen MR) is 77.8 cm³/mol. The second-order valence-electron chi connectivity index (χ2n) is 4.38. The van der Waals surface area contributed by atoms with Crippen molar-refractivity contribution >= 4 is 27.2 Å². The molecule has 2 aromatic heterocycles. The lowest BCUT2D eigenvalue weighted by molar-refractivity contribution is 0.465. The van der Waals surface area contributed by atoms with Crippen molar-refractivity contribution in [2.45, 2.75) is 13.8 Å². The zero-order valence-corrected chi connectivity index (χ0v) is 11.5. The van der Waals surface area contributed by atoms with Crippen molar-refractivity contribution in [3.05, 3.63) is 41.0 Å². The molecule has 3 aromatic rings. The fourth-order valence-corrected chi connectivity index (χ4v) is 2.76. The Hall–Kier alpha value is -2.14. The zero-order chi connectivity index (χ0) is 13.4. The molecule has 4 nitrogen and oxygen atoms in total. The molecule has 0 saturated heterocycles. The fraction of sp³-hybridized carbons (Fsp3) is 0.143. The first-order valence-electron chi connectivity index (χ1n) is 5.88. The van der Waals surface area contributed by atoms with Crippen LogP contribution in [0.15, 0.2) is 30.6 Å². The summed E-state index contributed by atoms with van der Waals surface area (Å²) >= 11 is 1.63. The third-order valence-electron chi connectivity index (χ3n) is 2.82. The number of benzene rings is 1. The van der Waals surface area contributed by atoms with Gasteiger partial charge in [-0.3, -0.25) is 0 Å². The highest BCUT2D eigenvalue weighted by Gasteiger charge is 2.10. The number of thiophene rings is 1. The van der Waals surface area contributed by atoms with E-state index in [4.69, 9.17) is 10.5 Å². The average Bonchev–Trinajstić information content (AvgIpc) is 2.74. The Kier molecular flexibility index (Phi) is 2.83. The highest BCUT2D eigenvalue weighted by molar-refractivity contribution is 7.18. The van der Waals surface area contributed by atoms with Gasteiger partial charge in [-0.25, -0.2) is 9.97 Å². The van der Waals surface area contributed by atoms with E-state index in [1.165, 1.54) is 11.2 Å². The van der Waals surface area contributed by atoms with Gasteiger partial charge in [-0.1, -0.05) is 0 Å². The molecule has 0 fully saturated rings. The Labute approximate surface area is 114 Å². The van der Waals surface area contributed by atoms with Gasteiger partial charge < -0.3 is 10.5 Å². The maximum absolute atomic E-state index is 5.89. The van der Waals surface area contributed by atoms with E-state index in [9.17, 15) is 0 Å². The van der Waals surface area contributed by atoms with Crippen LogP contribution in [0.25, 0.3) is 10.2 Å². The molecular weight excluding hydrogens is 258 g/mol. The largest absolute Gasteiger partial charge is 0.438 e. The highest BCUT2D eigenvalue weighted by Crippen LogP contribution is 2.33. The van der Waals surface area contributed by atoms with Gasteiger partial charge in [0, 0.05) is 10.6 Å². The summed E-state index contributed by atoms with van der Waals surface area (Å²) in [5.41, 5.74) is 7.45. The Morgan fingerprint density at radius 2 is 2.00 bits per heavy atom. The van der Waals surface area contributed by atoms with Crippen LogP contribution in [0, 0.1) is 13.8 Å². The van der Waals surface area contributed by atoms with Crippen molar-refractivity contribution in [3.8, 4) is 11.6 Å². The molecule has 2 heterocycles. The number of anilines is 1. The smallest absolute Gasteiger partial charge is 0.231 e. The standard InChI is InChI=1S/C14H13N3OS/c1-8-5-10(15)3-4-12(8)18-13-11-6-9(2)19-14(11)17-7-16-13/h3-7H,15H2,1-2H3. The molecule has 19 heavy (non-hydrogen) atoms. The molecule has 0 radical (unpaired) electrons. The van der Waals surface area contributed by atoms with Crippen LogP contribution in [0.3, 0.4) is 0 Å². The monoisotopic (exact) mass is 271 g/mol. The molecule has 0 atom stereocenters. The number of hydrogen-bond donors (Lipinski definition) is 1. The first-order chi connectivity index (χ1) is 9.13. The number of aromatic nitrogens is 2. The summed E-state index contributed by atoms with van der Waals surface area (Å²) in [6.45, 7) is 4.01. The predicted octanol–water partition coefficient (Wildman–Crippen LogP) is 3.68. The molecule has 0 aliphatic heterocycles. The molecule has 0 unspecified atom stereocenters. The minimum absolute atomic E-state index is 0.585. The summed E-state index contributed by atoms with van der Waals surface area (Å²) in [6, 6.07) is 7.60. The number of nitrogen functional groups attached to an aromatic ring is 1. The van der Waals surface area contributed by atoms with Gasteiger partial charge in [0.25, 0.3) is 0 Å². The van der Waals surface area contributed by atoms with Crippen LogP contribution in [0.1, 0.15) is 10.4 Å². The molecule has 0 saturated carbocycles. The van der Waals surface area contributed by atoms with Crippen LogP contribution in [0.2, 0.25) is 0 Å². The van der Waals surface area contributed by atoms with Crippen molar-refractivity contribution < 1.29 is 4.74 Å². The van der Waals surface area contributed by atoms with Crippen molar-refractivity contribution in [3.63, 3.8) is 0 Å². The van der Waals surface area contributed by atoms with E-state index in [2.05, 4.69) is 9.97 Å². The lowest BCUT2D eigenvalue weighted by Gasteiger charge is -2.08. The Morgan fingerprint density at radius 1 is 1.16 bits per heavy atom. The molecule has 2 N–H and O–H groups in total. The Balaban J connectivity index is 2.05. The second kappa shape index (κ2) is 4.51. The summed E-state index contributed by atoms with van der Waals surface area (Å²) in [4.78, 5) is 10.6. The van der Waals surface area contributed by atoms with Gasteiger partial charge in [0.2, 0.25) is 5.88 Å². The van der Waals surface area contributed by atoms with Crippen molar-refractivity contribution in [1.29, 1.82) is 0 Å². The minimum Gasteiger partial charge on any atom is -0.438 e. The highest BCUT2D eigenvalue weighted by atomic mass is 32.1. The number of hydrogen-bond acceptors (Lipinski definition) is 5. The molecule has 0 aliphatic rings. The summed E-state index contributed by atoms with van der Waals surface area (Å²) < 4.78 is 5.89. The van der Waals surface area contributed by atoms with Gasteiger partial charge in [-0.15, -0.1) is 11.3 Å². The first kappa shape index (κ1) is 11.9. The topological polar surface area (TPSA) is 61.0 Å². The second-order valence-corrected chi connectivity index (χ2v) is 5.62. The summed E-state index contributed by atoms with van der Waals surface area (Å²) in [5, 5.41) is 0.946. The van der Waals surface area contributed by atoms with E-state index in [0.717, 1.165) is 27.2 Å². The number of rotatable bonds is 2. The number of ether oxygens (including phenoxy) is 1. The number of nitrogens with two attached hydrogens (primary N) is 1. The van der Waals surface area contributed by atoms with Crippen molar-refractivity contribution in [1.82, 2.24) is 9.97 Å². The maximum Gasteiger partial charge on any atom is 0.231 e. The average molecular weight is 271 g/mol. The third kappa shape index (κ3) is 2.24. The lowest BCUT2D eigenvalue weighted by Crippen LogP contribution is -1.93. The van der Waals surface area contributed by atoms with E-state index >= 15 is 0 Å². The van der Waals surface area contributed by atoms with E-state index in [1.807, 2.05) is 38.1 Å². The number of aryl methyl sites for hydroxylation is 2. The molecule has 0 amide bonds. The van der Waals surface area contributed by atoms with Crippen molar-refractivity contribution in [2.24, 2.45) is 0 Å². The molecule has 5 heteroatoms. The normalized spacial score (nSPS) is 10.8. The molecule has 1 aromatic carbocycles. The van der Waals surface area contributed by atoms with Gasteiger partial charge in [-0.05, 0) is 43.7 Å². The van der Waals surface area contributed by atoms with E-state index < -0.39 is 0 Å². The van der Waals surface area contributed by atoms with Crippen LogP contribution in [0.4, 0.5) is 5.69 Å². The molecule has 0 bridgehead atoms. The van der Waals surface area contributed by atoms with Crippen molar-refractivity contribution in [2.75, 3.05) is 5.73 Å². The van der Waals surface area contributed by atoms with E-state index in [0.29, 0.717) is 5.88 Å². The van der Waals surface area contributed by atoms with E-state index in [-0.39, 0.29) is 0 Å². The molecule has 3 rings (SSSR count). The number of fused-ring (bicyclic) bond motifs is 1. The fourth-order valence-electron chi connectivity index (χ4n) is 1.93. The number of nitrogens with zero attached hydrogens (tertiary/aromatic N) is 2. The first-order valence-corrected chi connectivity index (χ1v) is 6.70. The third-order valence-corrected chi connectivity index (χ3v) is 3.78. The Morgan fingerprint density at radius 3 is 2.79 bits per heavy atom. The van der Waals surface area contributed by atoms with Crippen LogP contribution >= 0.6 is 11.3 Å². The van der Waals surface area contributed by atoms with Gasteiger partial charge in [0.1, 0.15) is 16.9 Å². The van der Waals surface area contributed by atoms with Gasteiger partial charge in [0.15, 0.2) is 0 Å². The summed E-state index contributed by atoms with van der Waals surface area (Å²) in [7, 11) is 0. The van der Waals surface area contributed by atoms with Gasteiger partial charge in [0.05, 0.1) is 5.39 Å². The summed E-state index contributed by atoms with van der Waals surface area (Å²) in [6.07, 6.45) is 1.53. The Bertz CT molecular complexity index is 752. The molecule has 96 valence electrons. The van der Waals surface area contributed by atoms with Crippen LogP contribution in [-0.4, -0.2) is 9.97 Å². The SMILES string of the molecule is Cc1cc2c(Oc3ccc(N)cc3C)ncnc2s1. The molecule has 0 spiro atoms. The molecular formula is C14H13N3OS. The molecule has 0 aliphatic carbocycles. The van der Waals surface area contributed by atoms with Crippen LogP contribution in [-0.2, 0) is 0 Å². The van der Waals surface area contributed by atoms with Crippen LogP contribution < -0.4 is 10.5 Å².